The fourth-order valence-corrected chi connectivity index (χ4v) is 4.59. The van der Waals surface area contributed by atoms with E-state index in [1.54, 1.807) is 17.5 Å². The van der Waals surface area contributed by atoms with Gasteiger partial charge in [0.1, 0.15) is 11.5 Å². The number of hydrogen-bond acceptors (Lipinski definition) is 6. The zero-order valence-corrected chi connectivity index (χ0v) is 18.0. The van der Waals surface area contributed by atoms with E-state index in [2.05, 4.69) is 15.3 Å². The monoisotopic (exact) mass is 443 g/mol. The first-order valence-electron chi connectivity index (χ1n) is 9.64. The molecule has 5 rings (SSSR count). The molecule has 4 aromatic rings. The van der Waals surface area contributed by atoms with Crippen LogP contribution >= 0.6 is 23.1 Å². The predicted octanol–water partition coefficient (Wildman–Crippen LogP) is 5.85. The first-order valence-corrected chi connectivity index (χ1v) is 11.3. The molecule has 5 nitrogen and oxygen atoms in total. The highest BCUT2D eigenvalue weighted by atomic mass is 32.2. The Bertz CT molecular complexity index is 1300. The number of pyridine rings is 1. The molecule has 7 heteroatoms. The van der Waals surface area contributed by atoms with E-state index in [9.17, 15) is 4.79 Å². The van der Waals surface area contributed by atoms with Crippen LogP contribution in [0, 0.1) is 0 Å². The molecule has 0 unspecified atom stereocenters. The molecule has 0 bridgehead atoms. The van der Waals surface area contributed by atoms with Crippen molar-refractivity contribution >= 4 is 51.2 Å². The molecule has 0 saturated carbocycles. The molecule has 0 aliphatic carbocycles. The third kappa shape index (κ3) is 4.52. The van der Waals surface area contributed by atoms with E-state index in [4.69, 9.17) is 4.74 Å². The number of thioether (sulfide) groups is 1. The number of ether oxygens (including phenoxy) is 1. The number of benzene rings is 2. The standard InChI is InChI=1S/C24H17N3O2S2/c28-23-22(31-24(27-23)26-15-18-7-4-12-30-18)14-16-8-9-20-19(13-16)21(10-11-25-20)29-17-5-2-1-3-6-17/h1-14H,15H2,(H,26,27,28). The molecule has 31 heavy (non-hydrogen) atoms. The van der Waals surface area contributed by atoms with E-state index in [1.165, 1.54) is 11.8 Å². The Morgan fingerprint density at radius 3 is 2.81 bits per heavy atom. The average Bonchev–Trinajstić information content (AvgIpc) is 3.43. The fraction of sp³-hybridized carbons (Fsp3) is 0.0417. The topological polar surface area (TPSA) is 63.6 Å². The number of aromatic nitrogens is 1. The predicted molar refractivity (Wildman–Crippen MR) is 127 cm³/mol. The Labute approximate surface area is 187 Å². The van der Waals surface area contributed by atoms with Crippen molar-refractivity contribution in [2.45, 2.75) is 6.54 Å². The number of amides is 1. The summed E-state index contributed by atoms with van der Waals surface area (Å²) in [6.45, 7) is 0.565. The van der Waals surface area contributed by atoms with Gasteiger partial charge in [-0.1, -0.05) is 30.3 Å². The highest BCUT2D eigenvalue weighted by Gasteiger charge is 2.23. The highest BCUT2D eigenvalue weighted by Crippen LogP contribution is 2.31. The number of hydrogen-bond donors (Lipinski definition) is 1. The number of aliphatic imine (C=N–C) groups is 1. The summed E-state index contributed by atoms with van der Waals surface area (Å²) in [4.78, 5) is 23.1. The number of nitrogens with zero attached hydrogens (tertiary/aromatic N) is 2. The van der Waals surface area contributed by atoms with E-state index in [1.807, 2.05) is 78.2 Å². The van der Waals surface area contributed by atoms with Crippen molar-refractivity contribution < 1.29 is 9.53 Å². The van der Waals surface area contributed by atoms with Crippen molar-refractivity contribution in [3.63, 3.8) is 0 Å². The van der Waals surface area contributed by atoms with E-state index >= 15 is 0 Å². The van der Waals surface area contributed by atoms with E-state index in [-0.39, 0.29) is 5.91 Å². The van der Waals surface area contributed by atoms with Gasteiger partial charge < -0.3 is 10.1 Å². The number of carbonyl (C=O) groups is 1. The van der Waals surface area contributed by atoms with Crippen LogP contribution in [-0.2, 0) is 11.3 Å². The number of rotatable bonds is 5. The molecule has 1 N–H and O–H groups in total. The maximum Gasteiger partial charge on any atom is 0.264 e. The van der Waals surface area contributed by atoms with Gasteiger partial charge >= 0.3 is 0 Å². The minimum absolute atomic E-state index is 0.137. The van der Waals surface area contributed by atoms with Gasteiger partial charge in [-0.25, -0.2) is 0 Å². The van der Waals surface area contributed by atoms with Gasteiger partial charge in [0.2, 0.25) is 0 Å². The third-order valence-electron chi connectivity index (χ3n) is 4.60. The summed E-state index contributed by atoms with van der Waals surface area (Å²) in [6, 6.07) is 21.4. The molecule has 1 amide bonds. The molecule has 152 valence electrons. The minimum Gasteiger partial charge on any atom is -0.457 e. The molecule has 1 aliphatic heterocycles. The fourth-order valence-electron chi connectivity index (χ4n) is 3.14. The van der Waals surface area contributed by atoms with Crippen molar-refractivity contribution in [2.75, 3.05) is 0 Å². The zero-order chi connectivity index (χ0) is 21.0. The Kier molecular flexibility index (Phi) is 5.52. The van der Waals surface area contributed by atoms with Gasteiger partial charge in [-0.2, -0.15) is 0 Å². The van der Waals surface area contributed by atoms with Crippen LogP contribution in [-0.4, -0.2) is 16.1 Å². The molecule has 1 fully saturated rings. The number of para-hydroxylation sites is 1. The summed E-state index contributed by atoms with van der Waals surface area (Å²) >= 11 is 3.01. The van der Waals surface area contributed by atoms with Crippen molar-refractivity contribution in [3.8, 4) is 11.5 Å². The van der Waals surface area contributed by atoms with Crippen LogP contribution in [0.25, 0.3) is 17.0 Å². The molecule has 0 radical (unpaired) electrons. The molecule has 2 aromatic heterocycles. The molecule has 1 aliphatic rings. The normalized spacial score (nSPS) is 16.2. The van der Waals surface area contributed by atoms with E-state index < -0.39 is 0 Å². The number of thiophene rings is 1. The molecule has 2 aromatic carbocycles. The number of nitrogens with one attached hydrogen (secondary N) is 1. The second kappa shape index (κ2) is 8.75. The van der Waals surface area contributed by atoms with Crippen LogP contribution in [0.3, 0.4) is 0 Å². The van der Waals surface area contributed by atoms with Gasteiger partial charge in [-0.05, 0) is 65.2 Å². The van der Waals surface area contributed by atoms with Crippen molar-refractivity contribution in [1.29, 1.82) is 0 Å². The summed E-state index contributed by atoms with van der Waals surface area (Å²) in [5.41, 5.74) is 1.73. The summed E-state index contributed by atoms with van der Waals surface area (Å²) in [6.07, 6.45) is 3.60. The van der Waals surface area contributed by atoms with Gasteiger partial charge in [-0.3, -0.25) is 14.8 Å². The lowest BCUT2D eigenvalue weighted by Gasteiger charge is -2.09. The summed E-state index contributed by atoms with van der Waals surface area (Å²) in [7, 11) is 0. The Hall–Kier alpha value is -3.42. The average molecular weight is 444 g/mol. The van der Waals surface area contributed by atoms with Crippen LogP contribution in [0.1, 0.15) is 10.4 Å². The van der Waals surface area contributed by atoms with Gasteiger partial charge in [0.15, 0.2) is 5.17 Å². The molecular weight excluding hydrogens is 426 g/mol. The SMILES string of the molecule is O=C1NC(=NCc2cccs2)SC1=Cc1ccc2nccc(Oc3ccccc3)c2c1. The van der Waals surface area contributed by atoms with E-state index in [0.717, 1.165) is 32.8 Å². The Balaban J connectivity index is 1.41. The highest BCUT2D eigenvalue weighted by molar-refractivity contribution is 8.18. The first-order chi connectivity index (χ1) is 15.2. The second-order valence-corrected chi connectivity index (χ2v) is 8.83. The van der Waals surface area contributed by atoms with Crippen LogP contribution in [0.2, 0.25) is 0 Å². The Morgan fingerprint density at radius 2 is 1.97 bits per heavy atom. The molecular formula is C24H17N3O2S2. The maximum atomic E-state index is 12.4. The summed E-state index contributed by atoms with van der Waals surface area (Å²) < 4.78 is 6.06. The summed E-state index contributed by atoms with van der Waals surface area (Å²) in [5, 5.41) is 6.37. The first kappa shape index (κ1) is 19.5. The second-order valence-electron chi connectivity index (χ2n) is 6.77. The zero-order valence-electron chi connectivity index (χ0n) is 16.3. The quantitative estimate of drug-likeness (QED) is 0.393. The van der Waals surface area contributed by atoms with Gasteiger partial charge in [0.05, 0.1) is 17.0 Å². The maximum absolute atomic E-state index is 12.4. The molecule has 3 heterocycles. The van der Waals surface area contributed by atoms with Crippen LogP contribution in [0.15, 0.2) is 88.2 Å². The van der Waals surface area contributed by atoms with Crippen molar-refractivity contribution in [2.24, 2.45) is 4.99 Å². The minimum atomic E-state index is -0.137. The molecule has 1 saturated heterocycles. The number of fused-ring (bicyclic) bond motifs is 1. The lowest BCUT2D eigenvalue weighted by atomic mass is 10.1. The number of carbonyl (C=O) groups excluding carboxylic acids is 1. The smallest absolute Gasteiger partial charge is 0.264 e. The molecule has 0 atom stereocenters. The van der Waals surface area contributed by atoms with Crippen LogP contribution in [0.4, 0.5) is 0 Å². The number of amidine groups is 1. The van der Waals surface area contributed by atoms with Gasteiger partial charge in [-0.15, -0.1) is 11.3 Å². The van der Waals surface area contributed by atoms with Crippen LogP contribution in [0.5, 0.6) is 11.5 Å². The van der Waals surface area contributed by atoms with Crippen molar-refractivity contribution in [3.05, 3.63) is 93.7 Å². The lowest BCUT2D eigenvalue weighted by Crippen LogP contribution is -2.19. The van der Waals surface area contributed by atoms with Gasteiger partial charge in [0.25, 0.3) is 5.91 Å². The molecule has 0 spiro atoms. The lowest BCUT2D eigenvalue weighted by molar-refractivity contribution is -0.115. The van der Waals surface area contributed by atoms with Gasteiger partial charge in [0, 0.05) is 16.5 Å². The third-order valence-corrected chi connectivity index (χ3v) is 6.41. The Morgan fingerprint density at radius 1 is 1.06 bits per heavy atom. The van der Waals surface area contributed by atoms with Crippen LogP contribution < -0.4 is 10.1 Å². The van der Waals surface area contributed by atoms with Crippen molar-refractivity contribution in [1.82, 2.24) is 10.3 Å². The summed E-state index contributed by atoms with van der Waals surface area (Å²) in [5.74, 6) is 1.34. The van der Waals surface area contributed by atoms with E-state index in [0.29, 0.717) is 16.6 Å². The largest absolute Gasteiger partial charge is 0.457 e.